The molecule has 1 aliphatic heterocycles. The van der Waals surface area contributed by atoms with Gasteiger partial charge in [-0.25, -0.2) is 0 Å². The molecule has 2 N–H and O–H groups in total. The van der Waals surface area contributed by atoms with Crippen molar-refractivity contribution >= 4 is 0 Å². The molecule has 0 amide bonds. The molecule has 0 spiro atoms. The highest BCUT2D eigenvalue weighted by Gasteiger charge is 2.32. The Morgan fingerprint density at radius 1 is 1.40 bits per heavy atom. The Morgan fingerprint density at radius 3 is 2.87 bits per heavy atom. The molecule has 0 aromatic carbocycles. The second-order valence-electron chi connectivity index (χ2n) is 5.59. The fourth-order valence-corrected chi connectivity index (χ4v) is 2.84. The Balaban J connectivity index is 1.64. The van der Waals surface area contributed by atoms with E-state index in [0.29, 0.717) is 5.41 Å². The third-order valence-electron chi connectivity index (χ3n) is 4.04. The van der Waals surface area contributed by atoms with Crippen LogP contribution in [0.4, 0.5) is 0 Å². The van der Waals surface area contributed by atoms with Gasteiger partial charge in [0.05, 0.1) is 0 Å². The van der Waals surface area contributed by atoms with Gasteiger partial charge >= 0.3 is 0 Å². The minimum absolute atomic E-state index is 0.582. The van der Waals surface area contributed by atoms with Crippen LogP contribution >= 0.6 is 0 Å². The first kappa shape index (κ1) is 11.4. The molecule has 0 bridgehead atoms. The van der Waals surface area contributed by atoms with Crippen molar-refractivity contribution in [3.05, 3.63) is 0 Å². The summed E-state index contributed by atoms with van der Waals surface area (Å²) in [5.74, 6) is 1.07. The van der Waals surface area contributed by atoms with Gasteiger partial charge in [-0.15, -0.1) is 0 Å². The van der Waals surface area contributed by atoms with Crippen molar-refractivity contribution in [1.29, 1.82) is 0 Å². The molecule has 2 heteroatoms. The maximum atomic E-state index is 3.68. The smallest absolute Gasteiger partial charge is 0.00205 e. The molecule has 0 aromatic heterocycles. The molecule has 1 atom stereocenters. The van der Waals surface area contributed by atoms with Crippen molar-refractivity contribution < 1.29 is 0 Å². The van der Waals surface area contributed by atoms with Gasteiger partial charge in [-0.3, -0.25) is 0 Å². The third kappa shape index (κ3) is 3.46. The highest BCUT2D eigenvalue weighted by atomic mass is 15.0. The van der Waals surface area contributed by atoms with Crippen molar-refractivity contribution in [2.45, 2.75) is 45.4 Å². The van der Waals surface area contributed by atoms with Crippen LogP contribution < -0.4 is 10.6 Å². The van der Waals surface area contributed by atoms with E-state index in [1.54, 1.807) is 0 Å². The van der Waals surface area contributed by atoms with E-state index in [1.165, 1.54) is 64.7 Å². The van der Waals surface area contributed by atoms with E-state index in [2.05, 4.69) is 17.6 Å². The van der Waals surface area contributed by atoms with E-state index < -0.39 is 0 Å². The van der Waals surface area contributed by atoms with E-state index in [9.17, 15) is 0 Å². The lowest BCUT2D eigenvalue weighted by atomic mass is 9.82. The predicted octanol–water partition coefficient (Wildman–Crippen LogP) is 2.16. The molecular formula is C13H26N2. The van der Waals surface area contributed by atoms with Gasteiger partial charge in [0, 0.05) is 13.1 Å². The summed E-state index contributed by atoms with van der Waals surface area (Å²) >= 11 is 0. The van der Waals surface area contributed by atoms with Crippen LogP contribution in [-0.4, -0.2) is 26.2 Å². The van der Waals surface area contributed by atoms with Gasteiger partial charge in [0.25, 0.3) is 0 Å². The molecule has 1 heterocycles. The summed E-state index contributed by atoms with van der Waals surface area (Å²) in [6.07, 6.45) is 8.47. The van der Waals surface area contributed by atoms with E-state index >= 15 is 0 Å². The van der Waals surface area contributed by atoms with E-state index in [4.69, 9.17) is 0 Å². The third-order valence-corrected chi connectivity index (χ3v) is 4.04. The number of hydrogen-bond acceptors (Lipinski definition) is 2. The van der Waals surface area contributed by atoms with Crippen LogP contribution in [0.2, 0.25) is 0 Å². The normalized spacial score (nSPS) is 31.0. The molecule has 15 heavy (non-hydrogen) atoms. The first-order chi connectivity index (χ1) is 7.35. The zero-order valence-corrected chi connectivity index (χ0v) is 10.1. The first-order valence-corrected chi connectivity index (χ1v) is 6.76. The highest BCUT2D eigenvalue weighted by Crippen LogP contribution is 2.32. The number of nitrogens with one attached hydrogen (secondary N) is 2. The van der Waals surface area contributed by atoms with Crippen LogP contribution in [0, 0.1) is 11.3 Å². The Bertz CT molecular complexity index is 181. The molecule has 2 nitrogen and oxygen atoms in total. The molecule has 0 radical (unpaired) electrons. The summed E-state index contributed by atoms with van der Waals surface area (Å²) in [5.41, 5.74) is 0.582. The van der Waals surface area contributed by atoms with E-state index in [-0.39, 0.29) is 0 Å². The minimum atomic E-state index is 0.582. The second-order valence-corrected chi connectivity index (χ2v) is 5.59. The second kappa shape index (κ2) is 5.31. The Hall–Kier alpha value is -0.0800. The van der Waals surface area contributed by atoms with Crippen molar-refractivity contribution in [2.24, 2.45) is 11.3 Å². The van der Waals surface area contributed by atoms with Gasteiger partial charge in [0.15, 0.2) is 0 Å². The topological polar surface area (TPSA) is 24.1 Å². The van der Waals surface area contributed by atoms with Crippen LogP contribution in [-0.2, 0) is 0 Å². The van der Waals surface area contributed by atoms with Crippen LogP contribution in [0.1, 0.15) is 45.4 Å². The predicted molar refractivity (Wildman–Crippen MR) is 65.0 cm³/mol. The average molecular weight is 210 g/mol. The lowest BCUT2D eigenvalue weighted by molar-refractivity contribution is 0.276. The molecule has 2 fully saturated rings. The molecule has 2 aliphatic rings. The van der Waals surface area contributed by atoms with Crippen LogP contribution in [0.3, 0.4) is 0 Å². The average Bonchev–Trinajstić information content (AvgIpc) is 2.95. The van der Waals surface area contributed by atoms with Crippen molar-refractivity contribution in [2.75, 3.05) is 26.2 Å². The summed E-state index contributed by atoms with van der Waals surface area (Å²) in [6.45, 7) is 7.25. The summed E-state index contributed by atoms with van der Waals surface area (Å²) in [7, 11) is 0. The molecular weight excluding hydrogens is 184 g/mol. The molecule has 2 rings (SSSR count). The van der Waals surface area contributed by atoms with Gasteiger partial charge in [-0.1, -0.05) is 26.2 Å². The molecule has 88 valence electrons. The van der Waals surface area contributed by atoms with Gasteiger partial charge < -0.3 is 10.6 Å². The SMILES string of the molecule is CCCC1(CNCCC2CC2)CCNC1. The molecule has 1 aliphatic carbocycles. The van der Waals surface area contributed by atoms with Gasteiger partial charge in [-0.05, 0) is 43.7 Å². The quantitative estimate of drug-likeness (QED) is 0.629. The zero-order chi connectivity index (χ0) is 10.6. The van der Waals surface area contributed by atoms with Crippen LogP contribution in [0.25, 0.3) is 0 Å². The minimum Gasteiger partial charge on any atom is -0.316 e. The molecule has 1 saturated carbocycles. The van der Waals surface area contributed by atoms with Gasteiger partial charge in [-0.2, -0.15) is 0 Å². The number of hydrogen-bond donors (Lipinski definition) is 2. The summed E-state index contributed by atoms with van der Waals surface area (Å²) in [5, 5.41) is 7.20. The van der Waals surface area contributed by atoms with Crippen LogP contribution in [0.15, 0.2) is 0 Å². The highest BCUT2D eigenvalue weighted by molar-refractivity contribution is 4.89. The monoisotopic (exact) mass is 210 g/mol. The summed E-state index contributed by atoms with van der Waals surface area (Å²) < 4.78 is 0. The van der Waals surface area contributed by atoms with Crippen molar-refractivity contribution in [3.8, 4) is 0 Å². The van der Waals surface area contributed by atoms with Gasteiger partial charge in [0.1, 0.15) is 0 Å². The Morgan fingerprint density at radius 2 is 2.27 bits per heavy atom. The fourth-order valence-electron chi connectivity index (χ4n) is 2.84. The lowest BCUT2D eigenvalue weighted by Gasteiger charge is -2.28. The molecule has 0 aromatic rings. The van der Waals surface area contributed by atoms with E-state index in [0.717, 1.165) is 5.92 Å². The Labute approximate surface area is 94.2 Å². The number of rotatable bonds is 7. The molecule has 1 unspecified atom stereocenters. The summed E-state index contributed by atoms with van der Waals surface area (Å²) in [6, 6.07) is 0. The standard InChI is InChI=1S/C13H26N2/c1-2-6-13(7-9-15-11-13)10-14-8-5-12-3-4-12/h12,14-15H,2-11H2,1H3. The zero-order valence-electron chi connectivity index (χ0n) is 10.1. The van der Waals surface area contributed by atoms with Crippen molar-refractivity contribution in [1.82, 2.24) is 10.6 Å². The largest absolute Gasteiger partial charge is 0.316 e. The van der Waals surface area contributed by atoms with Crippen LogP contribution in [0.5, 0.6) is 0 Å². The first-order valence-electron chi connectivity index (χ1n) is 6.76. The maximum absolute atomic E-state index is 3.68. The van der Waals surface area contributed by atoms with Gasteiger partial charge in [0.2, 0.25) is 0 Å². The molecule has 1 saturated heterocycles. The fraction of sp³-hybridized carbons (Fsp3) is 1.00. The lowest BCUT2D eigenvalue weighted by Crippen LogP contribution is -2.36. The maximum Gasteiger partial charge on any atom is 0.00205 e. The Kier molecular flexibility index (Phi) is 4.04. The van der Waals surface area contributed by atoms with E-state index in [1.807, 2.05) is 0 Å². The van der Waals surface area contributed by atoms with Crippen molar-refractivity contribution in [3.63, 3.8) is 0 Å². The summed E-state index contributed by atoms with van der Waals surface area (Å²) in [4.78, 5) is 0.